The number of piperazine rings is 1. The number of aliphatic hydroxyl groups excluding tert-OH is 1. The Morgan fingerprint density at radius 3 is 2.55 bits per heavy atom. The van der Waals surface area contributed by atoms with Crippen molar-refractivity contribution in [3.05, 3.63) is 69.9 Å². The first-order valence-corrected chi connectivity index (χ1v) is 11.9. The van der Waals surface area contributed by atoms with E-state index in [4.69, 9.17) is 9.52 Å². The van der Waals surface area contributed by atoms with Crippen LogP contribution >= 0.6 is 11.3 Å². The van der Waals surface area contributed by atoms with Crippen LogP contribution in [0.1, 0.15) is 5.56 Å². The number of aromatic nitrogens is 1. The molecule has 7 nitrogen and oxygen atoms in total. The second-order valence-corrected chi connectivity index (χ2v) is 9.03. The number of nitrogens with zero attached hydrogens (tertiary/aromatic N) is 3. The molecule has 5 rings (SSSR count). The van der Waals surface area contributed by atoms with Gasteiger partial charge in [0, 0.05) is 55.6 Å². The van der Waals surface area contributed by atoms with Crippen molar-refractivity contribution in [2.45, 2.75) is 6.54 Å². The van der Waals surface area contributed by atoms with Gasteiger partial charge in [-0.3, -0.25) is 9.80 Å². The minimum absolute atomic E-state index is 0.122. The van der Waals surface area contributed by atoms with Crippen molar-refractivity contribution < 1.29 is 14.6 Å². The van der Waals surface area contributed by atoms with Gasteiger partial charge in [0.05, 0.1) is 23.4 Å². The average Bonchev–Trinajstić information content (AvgIpc) is 3.33. The molecule has 1 saturated heterocycles. The fourth-order valence-corrected chi connectivity index (χ4v) is 5.04. The van der Waals surface area contributed by atoms with E-state index in [1.807, 2.05) is 35.7 Å². The molecule has 33 heavy (non-hydrogen) atoms. The molecule has 0 atom stereocenters. The van der Waals surface area contributed by atoms with E-state index >= 15 is 0 Å². The number of hydrogen-bond acceptors (Lipinski definition) is 8. The summed E-state index contributed by atoms with van der Waals surface area (Å²) in [7, 11) is 0. The largest absolute Gasteiger partial charge is 0.507 e. The Labute approximate surface area is 195 Å². The molecule has 170 valence electrons. The van der Waals surface area contributed by atoms with Crippen LogP contribution in [0.2, 0.25) is 0 Å². The molecular weight excluding hydrogens is 438 g/mol. The highest BCUT2D eigenvalue weighted by atomic mass is 32.1. The van der Waals surface area contributed by atoms with Gasteiger partial charge in [0.2, 0.25) is 0 Å². The minimum Gasteiger partial charge on any atom is -0.507 e. The maximum Gasteiger partial charge on any atom is 0.346 e. The number of thiazole rings is 1. The Hall–Kier alpha value is -3.04. The lowest BCUT2D eigenvalue weighted by atomic mass is 10.1. The Bertz CT molecular complexity index is 1310. The van der Waals surface area contributed by atoms with E-state index in [-0.39, 0.29) is 12.4 Å². The van der Waals surface area contributed by atoms with Crippen LogP contribution in [0.3, 0.4) is 0 Å². The number of hydrogen-bond donors (Lipinski definition) is 2. The number of benzene rings is 2. The zero-order valence-corrected chi connectivity index (χ0v) is 18.9. The summed E-state index contributed by atoms with van der Waals surface area (Å²) in [4.78, 5) is 22.0. The second-order valence-electron chi connectivity index (χ2n) is 8.17. The predicted molar refractivity (Wildman–Crippen MR) is 129 cm³/mol. The van der Waals surface area contributed by atoms with Gasteiger partial charge in [0.15, 0.2) is 0 Å². The van der Waals surface area contributed by atoms with E-state index in [9.17, 15) is 9.90 Å². The SMILES string of the molecule is O=c1oc2c(CN3CCN(CCO)CC3)c(O)ccc2cc1-c1nc(-c2ccccc2)cs1. The zero-order valence-electron chi connectivity index (χ0n) is 18.1. The number of β-amino-alcohol motifs (C(OH)–C–C–N with tert-alkyl or cyclic N) is 1. The minimum atomic E-state index is -0.462. The Morgan fingerprint density at radius 2 is 1.79 bits per heavy atom. The zero-order chi connectivity index (χ0) is 22.8. The predicted octanol–water partition coefficient (Wildman–Crippen LogP) is 3.40. The van der Waals surface area contributed by atoms with E-state index in [1.54, 1.807) is 18.2 Å². The Balaban J connectivity index is 1.44. The molecule has 0 aliphatic carbocycles. The number of phenols is 1. The molecule has 4 aromatic rings. The van der Waals surface area contributed by atoms with E-state index < -0.39 is 5.63 Å². The highest BCUT2D eigenvalue weighted by molar-refractivity contribution is 7.13. The summed E-state index contributed by atoms with van der Waals surface area (Å²) >= 11 is 1.41. The highest BCUT2D eigenvalue weighted by Crippen LogP contribution is 2.32. The summed E-state index contributed by atoms with van der Waals surface area (Å²) in [6, 6.07) is 15.1. The smallest absolute Gasteiger partial charge is 0.346 e. The first kappa shape index (κ1) is 21.8. The van der Waals surface area contributed by atoms with Crippen LogP contribution in [0.25, 0.3) is 32.8 Å². The van der Waals surface area contributed by atoms with Gasteiger partial charge in [-0.05, 0) is 18.2 Å². The topological polar surface area (TPSA) is 90.0 Å². The standard InChI is InChI=1S/C25H25N3O4S/c29-13-12-27-8-10-28(11-9-27)15-20-22(30)7-6-18-14-19(25(31)32-23(18)20)24-26-21(16-33-24)17-4-2-1-3-5-17/h1-7,14,16,29-30H,8-13,15H2. The number of fused-ring (bicyclic) bond motifs is 1. The van der Waals surface area contributed by atoms with Crippen LogP contribution in [0, 0.1) is 0 Å². The lowest BCUT2D eigenvalue weighted by Gasteiger charge is -2.34. The van der Waals surface area contributed by atoms with Crippen LogP contribution in [-0.4, -0.2) is 64.3 Å². The fourth-order valence-electron chi connectivity index (χ4n) is 4.21. The van der Waals surface area contributed by atoms with Crippen molar-refractivity contribution in [2.24, 2.45) is 0 Å². The van der Waals surface area contributed by atoms with Gasteiger partial charge in [-0.15, -0.1) is 11.3 Å². The second kappa shape index (κ2) is 9.44. The van der Waals surface area contributed by atoms with E-state index in [1.165, 1.54) is 11.3 Å². The molecule has 3 heterocycles. The Kier molecular flexibility index (Phi) is 6.24. The van der Waals surface area contributed by atoms with Gasteiger partial charge >= 0.3 is 5.63 Å². The van der Waals surface area contributed by atoms with Gasteiger partial charge < -0.3 is 14.6 Å². The molecule has 0 bridgehead atoms. The quantitative estimate of drug-likeness (QED) is 0.424. The monoisotopic (exact) mass is 463 g/mol. The summed E-state index contributed by atoms with van der Waals surface area (Å²) < 4.78 is 5.76. The first-order valence-electron chi connectivity index (χ1n) is 11.0. The molecule has 2 N–H and O–H groups in total. The van der Waals surface area contributed by atoms with Crippen molar-refractivity contribution in [1.82, 2.24) is 14.8 Å². The first-order chi connectivity index (χ1) is 16.1. The molecular formula is C25H25N3O4S. The van der Waals surface area contributed by atoms with Crippen molar-refractivity contribution in [2.75, 3.05) is 39.3 Å². The van der Waals surface area contributed by atoms with Crippen molar-refractivity contribution in [3.63, 3.8) is 0 Å². The van der Waals surface area contributed by atoms with Gasteiger partial charge in [0.25, 0.3) is 0 Å². The molecule has 1 aliphatic heterocycles. The summed E-state index contributed by atoms with van der Waals surface area (Å²) in [6.07, 6.45) is 0. The van der Waals surface area contributed by atoms with Gasteiger partial charge in [-0.25, -0.2) is 9.78 Å². The molecule has 2 aromatic heterocycles. The number of phenolic OH excluding ortho intramolecular Hbond substituents is 1. The van der Waals surface area contributed by atoms with Crippen LogP contribution in [0.4, 0.5) is 0 Å². The molecule has 1 fully saturated rings. The molecule has 0 spiro atoms. The lowest BCUT2D eigenvalue weighted by molar-refractivity contribution is 0.108. The van der Waals surface area contributed by atoms with Crippen molar-refractivity contribution in [3.8, 4) is 27.6 Å². The van der Waals surface area contributed by atoms with Gasteiger partial charge in [-0.1, -0.05) is 30.3 Å². The molecule has 0 unspecified atom stereocenters. The van der Waals surface area contributed by atoms with Crippen LogP contribution in [0.5, 0.6) is 5.75 Å². The summed E-state index contributed by atoms with van der Waals surface area (Å²) in [6.45, 7) is 4.67. The molecule has 2 aromatic carbocycles. The third-order valence-electron chi connectivity index (χ3n) is 6.05. The number of rotatable bonds is 6. The van der Waals surface area contributed by atoms with Gasteiger partial charge in [-0.2, -0.15) is 0 Å². The van der Waals surface area contributed by atoms with Crippen molar-refractivity contribution in [1.29, 1.82) is 0 Å². The molecule has 1 aliphatic rings. The fraction of sp³-hybridized carbons (Fsp3) is 0.280. The van der Waals surface area contributed by atoms with Crippen molar-refractivity contribution >= 4 is 22.3 Å². The van der Waals surface area contributed by atoms with E-state index in [0.717, 1.165) is 42.8 Å². The third-order valence-corrected chi connectivity index (χ3v) is 6.92. The maximum atomic E-state index is 12.9. The molecule has 0 amide bonds. The molecule has 0 saturated carbocycles. The molecule has 8 heteroatoms. The van der Waals surface area contributed by atoms with Crippen LogP contribution in [0.15, 0.2) is 63.1 Å². The number of aliphatic hydroxyl groups is 1. The number of aromatic hydroxyl groups is 1. The summed E-state index contributed by atoms with van der Waals surface area (Å²) in [5, 5.41) is 23.0. The summed E-state index contributed by atoms with van der Waals surface area (Å²) in [5.74, 6) is 0.122. The summed E-state index contributed by atoms with van der Waals surface area (Å²) in [5.41, 5.74) is 2.82. The molecule has 0 radical (unpaired) electrons. The lowest BCUT2D eigenvalue weighted by Crippen LogP contribution is -2.46. The average molecular weight is 464 g/mol. The Morgan fingerprint density at radius 1 is 1.03 bits per heavy atom. The van der Waals surface area contributed by atoms with Crippen LogP contribution < -0.4 is 5.63 Å². The van der Waals surface area contributed by atoms with E-state index in [2.05, 4.69) is 14.8 Å². The maximum absolute atomic E-state index is 12.9. The third kappa shape index (κ3) is 4.56. The van der Waals surface area contributed by atoms with Crippen LogP contribution in [-0.2, 0) is 6.54 Å². The van der Waals surface area contributed by atoms with E-state index in [0.29, 0.717) is 34.8 Å². The highest BCUT2D eigenvalue weighted by Gasteiger charge is 2.21. The normalized spacial score (nSPS) is 15.3. The van der Waals surface area contributed by atoms with Gasteiger partial charge in [0.1, 0.15) is 16.3 Å².